The Morgan fingerprint density at radius 3 is 1.90 bits per heavy atom. The van der Waals surface area contributed by atoms with Gasteiger partial charge in [-0.15, -0.1) is 5.92 Å². The van der Waals surface area contributed by atoms with Crippen molar-refractivity contribution in [3.8, 4) is 11.8 Å². The van der Waals surface area contributed by atoms with Gasteiger partial charge in [-0.25, -0.2) is 0 Å². The molecule has 0 heterocycles. The maximum absolute atomic E-state index is 4.35. The van der Waals surface area contributed by atoms with Crippen molar-refractivity contribution < 1.29 is 0 Å². The van der Waals surface area contributed by atoms with Crippen molar-refractivity contribution >= 4 is 0 Å². The summed E-state index contributed by atoms with van der Waals surface area (Å²) in [6.07, 6.45) is 1.06. The molecule has 122 valence electrons. The van der Waals surface area contributed by atoms with Crippen LogP contribution in [0, 0.1) is 34.5 Å². The summed E-state index contributed by atoms with van der Waals surface area (Å²) in [5, 5.41) is 0. The van der Waals surface area contributed by atoms with Gasteiger partial charge in [0.05, 0.1) is 5.41 Å². The van der Waals surface area contributed by atoms with Crippen molar-refractivity contribution in [2.24, 2.45) is 22.7 Å². The summed E-state index contributed by atoms with van der Waals surface area (Å²) in [5.41, 5.74) is 1.37. The number of hydrogen-bond acceptors (Lipinski definition) is 1. The molecule has 1 atom stereocenters. The summed E-state index contributed by atoms with van der Waals surface area (Å²) < 4.78 is 0. The SMILES string of the molecule is C=C(CC(C)C)N(CC(C)C)CC(C)(C#CC)C(C)(C)C. The van der Waals surface area contributed by atoms with Crippen LogP contribution < -0.4 is 0 Å². The van der Waals surface area contributed by atoms with E-state index < -0.39 is 0 Å². The van der Waals surface area contributed by atoms with Crippen LogP contribution in [0.5, 0.6) is 0 Å². The molecule has 0 aromatic carbocycles. The van der Waals surface area contributed by atoms with E-state index in [4.69, 9.17) is 0 Å². The van der Waals surface area contributed by atoms with Gasteiger partial charge in [0.1, 0.15) is 0 Å². The van der Waals surface area contributed by atoms with Gasteiger partial charge in [-0.3, -0.25) is 0 Å². The fraction of sp³-hybridized carbons (Fsp3) is 0.800. The fourth-order valence-corrected chi connectivity index (χ4v) is 2.47. The lowest BCUT2D eigenvalue weighted by atomic mass is 9.68. The Bertz CT molecular complexity index is 386. The van der Waals surface area contributed by atoms with Crippen molar-refractivity contribution in [3.05, 3.63) is 12.3 Å². The minimum atomic E-state index is -0.0312. The second-order valence-electron chi connectivity index (χ2n) is 8.40. The zero-order valence-corrected chi connectivity index (χ0v) is 15.9. The second kappa shape index (κ2) is 7.92. The predicted octanol–water partition coefficient (Wildman–Crippen LogP) is 5.58. The van der Waals surface area contributed by atoms with Gasteiger partial charge in [-0.05, 0) is 37.5 Å². The van der Waals surface area contributed by atoms with Crippen LogP contribution in [0.1, 0.15) is 68.7 Å². The third kappa shape index (κ3) is 6.60. The monoisotopic (exact) mass is 291 g/mol. The first kappa shape index (κ1) is 20.1. The van der Waals surface area contributed by atoms with Gasteiger partial charge in [0, 0.05) is 18.8 Å². The van der Waals surface area contributed by atoms with Crippen LogP contribution in [0.25, 0.3) is 0 Å². The highest BCUT2D eigenvalue weighted by Gasteiger charge is 2.37. The van der Waals surface area contributed by atoms with Crippen LogP contribution in [0.3, 0.4) is 0 Å². The average molecular weight is 292 g/mol. The Kier molecular flexibility index (Phi) is 7.58. The quantitative estimate of drug-likeness (QED) is 0.553. The van der Waals surface area contributed by atoms with Gasteiger partial charge in [0.2, 0.25) is 0 Å². The molecule has 0 aromatic heterocycles. The van der Waals surface area contributed by atoms with E-state index in [0.717, 1.165) is 19.5 Å². The van der Waals surface area contributed by atoms with E-state index in [-0.39, 0.29) is 10.8 Å². The van der Waals surface area contributed by atoms with Crippen LogP contribution in [0.4, 0.5) is 0 Å². The van der Waals surface area contributed by atoms with Gasteiger partial charge in [-0.2, -0.15) is 0 Å². The van der Waals surface area contributed by atoms with E-state index in [1.54, 1.807) is 0 Å². The largest absolute Gasteiger partial charge is 0.373 e. The van der Waals surface area contributed by atoms with Gasteiger partial charge < -0.3 is 4.90 Å². The summed E-state index contributed by atoms with van der Waals surface area (Å²) in [7, 11) is 0. The summed E-state index contributed by atoms with van der Waals surface area (Å²) in [6, 6.07) is 0. The number of rotatable bonds is 7. The van der Waals surface area contributed by atoms with E-state index in [2.05, 4.69) is 78.7 Å². The zero-order valence-electron chi connectivity index (χ0n) is 15.9. The van der Waals surface area contributed by atoms with Crippen LogP contribution in [0.15, 0.2) is 12.3 Å². The minimum Gasteiger partial charge on any atom is -0.373 e. The van der Waals surface area contributed by atoms with Crippen LogP contribution in [-0.2, 0) is 0 Å². The minimum absolute atomic E-state index is 0.0312. The third-order valence-corrected chi connectivity index (χ3v) is 4.24. The van der Waals surface area contributed by atoms with Gasteiger partial charge in [0.25, 0.3) is 0 Å². The van der Waals surface area contributed by atoms with E-state index in [0.29, 0.717) is 11.8 Å². The molecule has 0 aromatic rings. The average Bonchev–Trinajstić information content (AvgIpc) is 2.25. The number of hydrogen-bond donors (Lipinski definition) is 0. The first-order chi connectivity index (χ1) is 9.43. The molecule has 0 N–H and O–H groups in total. The summed E-state index contributed by atoms with van der Waals surface area (Å²) in [5.74, 6) is 7.90. The lowest BCUT2D eigenvalue weighted by molar-refractivity contribution is 0.115. The van der Waals surface area contributed by atoms with Crippen molar-refractivity contribution in [1.82, 2.24) is 4.90 Å². The Labute approximate surface area is 134 Å². The first-order valence-electron chi connectivity index (χ1n) is 8.29. The molecule has 0 aliphatic heterocycles. The summed E-state index contributed by atoms with van der Waals surface area (Å²) in [4.78, 5) is 2.47. The molecule has 0 radical (unpaired) electrons. The number of allylic oxidation sites excluding steroid dienone is 1. The van der Waals surface area contributed by atoms with Crippen LogP contribution >= 0.6 is 0 Å². The van der Waals surface area contributed by atoms with Crippen molar-refractivity contribution in [2.45, 2.75) is 68.7 Å². The molecule has 0 aliphatic carbocycles. The van der Waals surface area contributed by atoms with Gasteiger partial charge in [-0.1, -0.05) is 61.0 Å². The molecule has 0 saturated carbocycles. The van der Waals surface area contributed by atoms with E-state index in [9.17, 15) is 0 Å². The molecule has 21 heavy (non-hydrogen) atoms. The van der Waals surface area contributed by atoms with Crippen molar-refractivity contribution in [1.29, 1.82) is 0 Å². The Balaban J connectivity index is 5.33. The Hall–Kier alpha value is -0.900. The molecule has 0 amide bonds. The number of nitrogens with zero attached hydrogens (tertiary/aromatic N) is 1. The third-order valence-electron chi connectivity index (χ3n) is 4.24. The highest BCUT2D eigenvalue weighted by Crippen LogP contribution is 2.39. The van der Waals surface area contributed by atoms with Crippen LogP contribution in [0.2, 0.25) is 0 Å². The smallest absolute Gasteiger partial charge is 0.0509 e. The molecule has 0 bridgehead atoms. The van der Waals surface area contributed by atoms with Crippen molar-refractivity contribution in [2.75, 3.05) is 13.1 Å². The molecule has 0 aliphatic rings. The Morgan fingerprint density at radius 2 is 1.57 bits per heavy atom. The predicted molar refractivity (Wildman–Crippen MR) is 96.0 cm³/mol. The molecule has 1 unspecified atom stereocenters. The van der Waals surface area contributed by atoms with Gasteiger partial charge >= 0.3 is 0 Å². The first-order valence-corrected chi connectivity index (χ1v) is 8.29. The molecular weight excluding hydrogens is 254 g/mol. The van der Waals surface area contributed by atoms with E-state index in [1.165, 1.54) is 5.70 Å². The highest BCUT2D eigenvalue weighted by molar-refractivity contribution is 5.15. The maximum atomic E-state index is 4.35. The molecule has 0 saturated heterocycles. The lowest BCUT2D eigenvalue weighted by Crippen LogP contribution is -2.44. The summed E-state index contributed by atoms with van der Waals surface area (Å²) in [6.45, 7) is 26.5. The van der Waals surface area contributed by atoms with Crippen LogP contribution in [-0.4, -0.2) is 18.0 Å². The van der Waals surface area contributed by atoms with Gasteiger partial charge in [0.15, 0.2) is 0 Å². The molecule has 1 heteroatoms. The highest BCUT2D eigenvalue weighted by atomic mass is 15.1. The van der Waals surface area contributed by atoms with E-state index in [1.807, 2.05) is 6.92 Å². The van der Waals surface area contributed by atoms with E-state index >= 15 is 0 Å². The topological polar surface area (TPSA) is 3.24 Å². The molecule has 1 nitrogen and oxygen atoms in total. The molecule has 0 spiro atoms. The summed E-state index contributed by atoms with van der Waals surface area (Å²) >= 11 is 0. The zero-order chi connectivity index (χ0) is 16.8. The second-order valence-corrected chi connectivity index (χ2v) is 8.40. The lowest BCUT2D eigenvalue weighted by Gasteiger charge is -2.43. The molecule has 0 rings (SSSR count). The normalized spacial score (nSPS) is 14.6. The fourth-order valence-electron chi connectivity index (χ4n) is 2.47. The standard InChI is InChI=1S/C20H37N/c1-11-12-20(10,19(7,8)9)15-21(14-17(4)5)18(6)13-16(2)3/h16-17H,6,13-15H2,1-5,7-10H3. The molecule has 0 fully saturated rings. The Morgan fingerprint density at radius 1 is 1.05 bits per heavy atom. The maximum Gasteiger partial charge on any atom is 0.0509 e. The molecular formula is C20H37N. The van der Waals surface area contributed by atoms with Crippen molar-refractivity contribution in [3.63, 3.8) is 0 Å².